The molecule has 4 rings (SSSR count). The van der Waals surface area contributed by atoms with Crippen LogP contribution in [0.2, 0.25) is 5.02 Å². The first-order chi connectivity index (χ1) is 13.9. The van der Waals surface area contributed by atoms with E-state index in [1.165, 1.54) is 9.80 Å². The maximum absolute atomic E-state index is 13.4. The molecule has 0 bridgehead atoms. The molecule has 150 valence electrons. The second kappa shape index (κ2) is 7.19. The fraction of sp³-hybridized carbons (Fsp3) is 0.318. The van der Waals surface area contributed by atoms with Crippen molar-refractivity contribution in [2.24, 2.45) is 0 Å². The minimum atomic E-state index is -1.47. The summed E-state index contributed by atoms with van der Waals surface area (Å²) in [6.07, 6.45) is 0.365. The number of benzene rings is 2. The summed E-state index contributed by atoms with van der Waals surface area (Å²) in [7, 11) is 0. The van der Waals surface area contributed by atoms with Gasteiger partial charge in [0.2, 0.25) is 11.6 Å². The van der Waals surface area contributed by atoms with Gasteiger partial charge in [0.15, 0.2) is 0 Å². The first kappa shape index (κ1) is 19.5. The number of hydrogen-bond donors (Lipinski definition) is 0. The molecular formula is C22H21ClN2O4. The zero-order valence-corrected chi connectivity index (χ0v) is 17.0. The van der Waals surface area contributed by atoms with Crippen LogP contribution in [0, 0.1) is 0 Å². The van der Waals surface area contributed by atoms with Gasteiger partial charge < -0.3 is 9.64 Å². The molecule has 0 aromatic heterocycles. The van der Waals surface area contributed by atoms with Gasteiger partial charge in [-0.25, -0.2) is 4.79 Å². The Morgan fingerprint density at radius 2 is 1.83 bits per heavy atom. The van der Waals surface area contributed by atoms with Crippen LogP contribution in [0.5, 0.6) is 0 Å². The van der Waals surface area contributed by atoms with Crippen molar-refractivity contribution in [1.29, 1.82) is 0 Å². The van der Waals surface area contributed by atoms with Gasteiger partial charge in [0.05, 0.1) is 11.3 Å². The topological polar surface area (TPSA) is 66.9 Å². The number of anilines is 1. The van der Waals surface area contributed by atoms with Gasteiger partial charge in [-0.3, -0.25) is 14.5 Å². The molecule has 0 aliphatic carbocycles. The van der Waals surface area contributed by atoms with E-state index in [2.05, 4.69) is 0 Å². The van der Waals surface area contributed by atoms with E-state index in [4.69, 9.17) is 16.3 Å². The van der Waals surface area contributed by atoms with Crippen molar-refractivity contribution in [2.75, 3.05) is 4.90 Å². The highest BCUT2D eigenvalue weighted by Gasteiger charge is 2.62. The number of carbonyl (C=O) groups is 3. The predicted molar refractivity (Wildman–Crippen MR) is 108 cm³/mol. The molecule has 2 aromatic rings. The molecule has 6 nitrogen and oxygen atoms in total. The summed E-state index contributed by atoms with van der Waals surface area (Å²) >= 11 is 5.91. The van der Waals surface area contributed by atoms with Gasteiger partial charge in [0.1, 0.15) is 6.61 Å². The highest BCUT2D eigenvalue weighted by Crippen LogP contribution is 2.46. The summed E-state index contributed by atoms with van der Waals surface area (Å²) in [5, 5.41) is 0.590. The molecule has 2 aromatic carbocycles. The fourth-order valence-corrected chi connectivity index (χ4v) is 4.34. The van der Waals surface area contributed by atoms with E-state index in [9.17, 15) is 14.4 Å². The number of nitrogens with zero attached hydrogens (tertiary/aromatic N) is 2. The van der Waals surface area contributed by atoms with Crippen molar-refractivity contribution in [3.8, 4) is 0 Å². The summed E-state index contributed by atoms with van der Waals surface area (Å²) in [6.45, 7) is 3.70. The lowest BCUT2D eigenvalue weighted by Gasteiger charge is -2.50. The lowest BCUT2D eigenvalue weighted by atomic mass is 9.95. The van der Waals surface area contributed by atoms with Crippen LogP contribution in [-0.4, -0.2) is 34.4 Å². The van der Waals surface area contributed by atoms with Crippen molar-refractivity contribution < 1.29 is 19.1 Å². The summed E-state index contributed by atoms with van der Waals surface area (Å²) in [5.74, 6) is -1.07. The number of ether oxygens (including phenoxy) is 1. The Kier molecular flexibility index (Phi) is 4.82. The lowest BCUT2D eigenvalue weighted by molar-refractivity contribution is -0.159. The summed E-state index contributed by atoms with van der Waals surface area (Å²) in [5.41, 5.74) is 0.176. The smallest absolute Gasteiger partial charge is 0.354 e. The Labute approximate surface area is 174 Å². The highest BCUT2D eigenvalue weighted by molar-refractivity contribution is 6.30. The van der Waals surface area contributed by atoms with Crippen LogP contribution in [0.25, 0.3) is 0 Å². The maximum Gasteiger partial charge on any atom is 0.354 e. The van der Waals surface area contributed by atoms with E-state index in [1.807, 2.05) is 13.8 Å². The maximum atomic E-state index is 13.4. The van der Waals surface area contributed by atoms with Crippen molar-refractivity contribution in [1.82, 2.24) is 4.90 Å². The lowest BCUT2D eigenvalue weighted by Crippen LogP contribution is -2.70. The largest absolute Gasteiger partial charge is 0.458 e. The molecule has 2 aliphatic heterocycles. The van der Waals surface area contributed by atoms with Crippen LogP contribution < -0.4 is 4.90 Å². The predicted octanol–water partition coefficient (Wildman–Crippen LogP) is 3.77. The van der Waals surface area contributed by atoms with Gasteiger partial charge in [-0.15, -0.1) is 0 Å². The van der Waals surface area contributed by atoms with E-state index in [-0.39, 0.29) is 37.3 Å². The summed E-state index contributed by atoms with van der Waals surface area (Å²) in [6, 6.07) is 13.6. The van der Waals surface area contributed by atoms with Crippen LogP contribution in [0.15, 0.2) is 48.5 Å². The third kappa shape index (κ3) is 2.99. The van der Waals surface area contributed by atoms with Gasteiger partial charge in [-0.1, -0.05) is 35.9 Å². The normalized spacial score (nSPS) is 20.7. The van der Waals surface area contributed by atoms with Gasteiger partial charge in [0, 0.05) is 23.9 Å². The number of hydrogen-bond acceptors (Lipinski definition) is 4. The zero-order valence-electron chi connectivity index (χ0n) is 16.2. The third-order valence-electron chi connectivity index (χ3n) is 5.43. The highest BCUT2D eigenvalue weighted by atomic mass is 35.5. The van der Waals surface area contributed by atoms with Gasteiger partial charge in [-0.05, 0) is 43.7 Å². The van der Waals surface area contributed by atoms with Crippen molar-refractivity contribution in [3.63, 3.8) is 0 Å². The summed E-state index contributed by atoms with van der Waals surface area (Å²) < 4.78 is 5.63. The zero-order chi connectivity index (χ0) is 20.8. The molecule has 0 radical (unpaired) electrons. The van der Waals surface area contributed by atoms with Crippen LogP contribution >= 0.6 is 11.6 Å². The van der Waals surface area contributed by atoms with Crippen LogP contribution in [-0.2, 0) is 20.9 Å². The molecule has 1 atom stereocenters. The van der Waals surface area contributed by atoms with Gasteiger partial charge in [-0.2, -0.15) is 0 Å². The Balaban J connectivity index is 1.75. The second-order valence-electron chi connectivity index (χ2n) is 7.53. The minimum Gasteiger partial charge on any atom is -0.458 e. The Hall–Kier alpha value is -2.86. The van der Waals surface area contributed by atoms with Crippen LogP contribution in [0.1, 0.15) is 42.6 Å². The molecule has 1 saturated heterocycles. The van der Waals surface area contributed by atoms with E-state index in [0.29, 0.717) is 16.3 Å². The minimum absolute atomic E-state index is 0.0293. The molecule has 0 saturated carbocycles. The Morgan fingerprint density at radius 1 is 1.14 bits per heavy atom. The van der Waals surface area contributed by atoms with Crippen LogP contribution in [0.4, 0.5) is 5.69 Å². The fourth-order valence-electron chi connectivity index (χ4n) is 4.22. The molecule has 29 heavy (non-hydrogen) atoms. The standard InChI is InChI=1S/C22H21ClN2O4/c1-14(2)24-20(27)17-5-3-4-6-18(17)25-19(26)11-12-22(24,25)21(28)29-13-15-7-9-16(23)10-8-15/h3-10,14H,11-13H2,1-2H3. The average molecular weight is 413 g/mol. The van der Waals surface area contributed by atoms with E-state index >= 15 is 0 Å². The van der Waals surface area contributed by atoms with Crippen molar-refractivity contribution >= 4 is 35.1 Å². The van der Waals surface area contributed by atoms with Gasteiger partial charge in [0.25, 0.3) is 5.91 Å². The number of carbonyl (C=O) groups excluding carboxylic acids is 3. The van der Waals surface area contributed by atoms with Crippen LogP contribution in [0.3, 0.4) is 0 Å². The SMILES string of the molecule is CC(C)N1C(=O)c2ccccc2N2C(=O)CCC21C(=O)OCc1ccc(Cl)cc1. The average Bonchev–Trinajstić information content (AvgIpc) is 3.05. The summed E-state index contributed by atoms with van der Waals surface area (Å²) in [4.78, 5) is 42.5. The number of halogens is 1. The number of esters is 1. The number of rotatable bonds is 4. The number of amides is 2. The third-order valence-corrected chi connectivity index (χ3v) is 5.68. The molecule has 2 aliphatic rings. The Bertz CT molecular complexity index is 989. The molecule has 0 spiro atoms. The molecule has 1 fully saturated rings. The monoisotopic (exact) mass is 412 g/mol. The molecule has 2 amide bonds. The molecule has 0 N–H and O–H groups in total. The van der Waals surface area contributed by atoms with E-state index in [0.717, 1.165) is 5.56 Å². The quantitative estimate of drug-likeness (QED) is 0.717. The number of fused-ring (bicyclic) bond motifs is 3. The van der Waals surface area contributed by atoms with E-state index < -0.39 is 11.6 Å². The molecule has 2 heterocycles. The van der Waals surface area contributed by atoms with Gasteiger partial charge >= 0.3 is 5.97 Å². The second-order valence-corrected chi connectivity index (χ2v) is 7.97. The van der Waals surface area contributed by atoms with Crippen molar-refractivity contribution in [3.05, 3.63) is 64.7 Å². The molecule has 1 unspecified atom stereocenters. The molecule has 7 heteroatoms. The van der Waals surface area contributed by atoms with Crippen molar-refractivity contribution in [2.45, 2.75) is 45.0 Å². The molecular weight excluding hydrogens is 392 g/mol. The first-order valence-corrected chi connectivity index (χ1v) is 9.91. The Morgan fingerprint density at radius 3 is 2.52 bits per heavy atom. The first-order valence-electron chi connectivity index (χ1n) is 9.53. The van der Waals surface area contributed by atoms with E-state index in [1.54, 1.807) is 48.5 Å². The number of para-hydroxylation sites is 1.